The number of rotatable bonds is 1. The second kappa shape index (κ2) is 3.63. The van der Waals surface area contributed by atoms with E-state index in [4.69, 9.17) is 0 Å². The number of nitrogens with one attached hydrogen (secondary N) is 1. The third kappa shape index (κ3) is 1.46. The summed E-state index contributed by atoms with van der Waals surface area (Å²) in [4.78, 5) is 4.22. The minimum atomic E-state index is 0.301. The Morgan fingerprint density at radius 1 is 1.31 bits per heavy atom. The summed E-state index contributed by atoms with van der Waals surface area (Å²) in [6.45, 7) is 2.17. The summed E-state index contributed by atoms with van der Waals surface area (Å²) in [7, 11) is 0. The maximum absolute atomic E-state index is 4.29. The topological polar surface area (TPSA) is 42.7 Å². The van der Waals surface area contributed by atoms with Crippen LogP contribution in [0.25, 0.3) is 0 Å². The first-order chi connectivity index (χ1) is 7.84. The molecular formula is C12H14N4. The Labute approximate surface area is 94.3 Å². The van der Waals surface area contributed by atoms with Crippen LogP contribution in [0.1, 0.15) is 24.9 Å². The fraction of sp³-hybridized carbons (Fsp3) is 0.333. The van der Waals surface area contributed by atoms with Crippen molar-refractivity contribution in [3.05, 3.63) is 42.2 Å². The van der Waals surface area contributed by atoms with E-state index in [0.717, 1.165) is 12.4 Å². The van der Waals surface area contributed by atoms with Gasteiger partial charge in [-0.25, -0.2) is 4.68 Å². The van der Waals surface area contributed by atoms with Crippen LogP contribution >= 0.6 is 0 Å². The van der Waals surface area contributed by atoms with Crippen molar-refractivity contribution in [1.82, 2.24) is 14.8 Å². The fourth-order valence-electron chi connectivity index (χ4n) is 2.25. The monoisotopic (exact) mass is 214 g/mol. The molecule has 16 heavy (non-hydrogen) atoms. The van der Waals surface area contributed by atoms with E-state index in [2.05, 4.69) is 46.6 Å². The third-order valence-corrected chi connectivity index (χ3v) is 3.00. The van der Waals surface area contributed by atoms with Gasteiger partial charge >= 0.3 is 0 Å². The van der Waals surface area contributed by atoms with Crippen molar-refractivity contribution in [2.75, 3.05) is 5.32 Å². The van der Waals surface area contributed by atoms with Crippen molar-refractivity contribution in [3.63, 3.8) is 0 Å². The van der Waals surface area contributed by atoms with Crippen LogP contribution in [0.4, 0.5) is 5.95 Å². The molecule has 0 bridgehead atoms. The molecule has 0 fully saturated rings. The Bertz CT molecular complexity index is 477. The highest BCUT2D eigenvalue weighted by Gasteiger charge is 2.26. The van der Waals surface area contributed by atoms with Gasteiger partial charge in [0, 0.05) is 6.04 Å². The zero-order valence-electron chi connectivity index (χ0n) is 9.17. The summed E-state index contributed by atoms with van der Waals surface area (Å²) in [5.41, 5.74) is 1.29. The van der Waals surface area contributed by atoms with Crippen LogP contribution in [-0.4, -0.2) is 20.8 Å². The smallest absolute Gasteiger partial charge is 0.221 e. The lowest BCUT2D eigenvalue weighted by Gasteiger charge is -2.29. The fourth-order valence-corrected chi connectivity index (χ4v) is 2.25. The summed E-state index contributed by atoms with van der Waals surface area (Å²) in [5.74, 6) is 0.868. The number of hydrogen-bond acceptors (Lipinski definition) is 3. The Hall–Kier alpha value is -1.84. The molecule has 1 N–H and O–H groups in total. The molecule has 0 saturated carbocycles. The number of fused-ring (bicyclic) bond motifs is 1. The molecular weight excluding hydrogens is 200 g/mol. The lowest BCUT2D eigenvalue weighted by molar-refractivity contribution is 0.437. The van der Waals surface area contributed by atoms with E-state index >= 15 is 0 Å². The first-order valence-corrected chi connectivity index (χ1v) is 5.55. The molecule has 0 saturated heterocycles. The number of aromatic nitrogens is 3. The zero-order valence-corrected chi connectivity index (χ0v) is 9.17. The summed E-state index contributed by atoms with van der Waals surface area (Å²) in [5, 5.41) is 7.62. The van der Waals surface area contributed by atoms with Gasteiger partial charge < -0.3 is 5.32 Å². The minimum absolute atomic E-state index is 0.301. The lowest BCUT2D eigenvalue weighted by Crippen LogP contribution is -2.31. The second-order valence-corrected chi connectivity index (χ2v) is 4.24. The molecule has 1 aliphatic rings. The van der Waals surface area contributed by atoms with E-state index in [0.29, 0.717) is 12.1 Å². The normalized spacial score (nSPS) is 23.6. The summed E-state index contributed by atoms with van der Waals surface area (Å²) >= 11 is 0. The van der Waals surface area contributed by atoms with Gasteiger partial charge in [-0.3, -0.25) is 0 Å². The highest BCUT2D eigenvalue weighted by atomic mass is 15.4. The Morgan fingerprint density at radius 3 is 2.94 bits per heavy atom. The third-order valence-electron chi connectivity index (χ3n) is 3.00. The number of benzene rings is 1. The van der Waals surface area contributed by atoms with Crippen molar-refractivity contribution in [3.8, 4) is 0 Å². The molecule has 2 atom stereocenters. The highest BCUT2D eigenvalue weighted by Crippen LogP contribution is 2.29. The van der Waals surface area contributed by atoms with E-state index in [1.165, 1.54) is 5.56 Å². The van der Waals surface area contributed by atoms with Crippen molar-refractivity contribution in [2.45, 2.75) is 25.4 Å². The van der Waals surface area contributed by atoms with Gasteiger partial charge in [-0.2, -0.15) is 10.1 Å². The van der Waals surface area contributed by atoms with Crippen molar-refractivity contribution < 1.29 is 0 Å². The molecule has 82 valence electrons. The largest absolute Gasteiger partial charge is 0.352 e. The van der Waals surface area contributed by atoms with Gasteiger partial charge in [0.1, 0.15) is 6.33 Å². The minimum Gasteiger partial charge on any atom is -0.352 e. The predicted molar refractivity (Wildman–Crippen MR) is 62.3 cm³/mol. The van der Waals surface area contributed by atoms with Gasteiger partial charge in [0.2, 0.25) is 5.95 Å². The standard InChI is InChI=1S/C12H14N4/c1-9-7-11(10-5-3-2-4-6-10)16-12(15-9)13-8-14-16/h2-6,8-9,11H,7H2,1H3,(H,13,14,15)/t9-,11+/m0/s1. The molecule has 0 amide bonds. The van der Waals surface area contributed by atoms with Crippen LogP contribution < -0.4 is 5.32 Å². The molecule has 1 aliphatic heterocycles. The number of nitrogens with zero attached hydrogens (tertiary/aromatic N) is 3. The molecule has 0 radical (unpaired) electrons. The van der Waals surface area contributed by atoms with Crippen LogP contribution in [0.5, 0.6) is 0 Å². The quantitative estimate of drug-likeness (QED) is 0.790. The van der Waals surface area contributed by atoms with Gasteiger partial charge in [-0.15, -0.1) is 0 Å². The molecule has 0 spiro atoms. The van der Waals surface area contributed by atoms with Gasteiger partial charge in [0.05, 0.1) is 6.04 Å². The summed E-state index contributed by atoms with van der Waals surface area (Å²) in [6.07, 6.45) is 2.65. The maximum atomic E-state index is 4.29. The van der Waals surface area contributed by atoms with Crippen LogP contribution in [-0.2, 0) is 0 Å². The van der Waals surface area contributed by atoms with Crippen LogP contribution in [0.2, 0.25) is 0 Å². The van der Waals surface area contributed by atoms with E-state index in [-0.39, 0.29) is 0 Å². The van der Waals surface area contributed by atoms with Gasteiger partial charge in [0.15, 0.2) is 0 Å². The molecule has 0 aliphatic carbocycles. The zero-order chi connectivity index (χ0) is 11.0. The van der Waals surface area contributed by atoms with Crippen molar-refractivity contribution in [1.29, 1.82) is 0 Å². The van der Waals surface area contributed by atoms with Crippen LogP contribution in [0.3, 0.4) is 0 Å². The first kappa shape index (κ1) is 9.39. The molecule has 2 aromatic rings. The second-order valence-electron chi connectivity index (χ2n) is 4.24. The van der Waals surface area contributed by atoms with Crippen LogP contribution in [0, 0.1) is 0 Å². The van der Waals surface area contributed by atoms with E-state index in [1.54, 1.807) is 6.33 Å². The molecule has 4 heteroatoms. The van der Waals surface area contributed by atoms with Gasteiger partial charge in [0.25, 0.3) is 0 Å². The van der Waals surface area contributed by atoms with Crippen molar-refractivity contribution >= 4 is 5.95 Å². The van der Waals surface area contributed by atoms with E-state index < -0.39 is 0 Å². The molecule has 2 heterocycles. The first-order valence-electron chi connectivity index (χ1n) is 5.55. The summed E-state index contributed by atoms with van der Waals surface area (Å²) in [6, 6.07) is 11.2. The molecule has 0 unspecified atom stereocenters. The number of anilines is 1. The molecule has 4 nitrogen and oxygen atoms in total. The average molecular weight is 214 g/mol. The van der Waals surface area contributed by atoms with Gasteiger partial charge in [-0.1, -0.05) is 30.3 Å². The lowest BCUT2D eigenvalue weighted by atomic mass is 9.99. The van der Waals surface area contributed by atoms with Gasteiger partial charge in [-0.05, 0) is 18.9 Å². The maximum Gasteiger partial charge on any atom is 0.221 e. The van der Waals surface area contributed by atoms with E-state index in [1.807, 2.05) is 10.7 Å². The molecule has 1 aromatic heterocycles. The Morgan fingerprint density at radius 2 is 2.12 bits per heavy atom. The molecule has 3 rings (SSSR count). The average Bonchev–Trinajstić information content (AvgIpc) is 2.77. The highest BCUT2D eigenvalue weighted by molar-refractivity contribution is 5.33. The van der Waals surface area contributed by atoms with Crippen LogP contribution in [0.15, 0.2) is 36.7 Å². The molecule has 1 aromatic carbocycles. The Balaban J connectivity index is 2.04. The summed E-state index contributed by atoms with van der Waals surface area (Å²) < 4.78 is 1.97. The number of hydrogen-bond donors (Lipinski definition) is 1. The van der Waals surface area contributed by atoms with Crippen molar-refractivity contribution in [2.24, 2.45) is 0 Å². The predicted octanol–water partition coefficient (Wildman–Crippen LogP) is 2.07. The SMILES string of the molecule is C[C@H]1C[C@H](c2ccccc2)n2ncnc2N1. The Kier molecular flexibility index (Phi) is 2.13. The van der Waals surface area contributed by atoms with E-state index in [9.17, 15) is 0 Å².